The highest BCUT2D eigenvalue weighted by molar-refractivity contribution is 7.09. The SMILES string of the molecule is CCNC(=NCC(C)Cc1cccs1)NCCC(=O)NC(C)CC. The third kappa shape index (κ3) is 8.91. The molecule has 0 aromatic carbocycles. The Balaban J connectivity index is 2.35. The predicted molar refractivity (Wildman–Crippen MR) is 104 cm³/mol. The summed E-state index contributed by atoms with van der Waals surface area (Å²) in [6.07, 6.45) is 2.46. The van der Waals surface area contributed by atoms with Gasteiger partial charge >= 0.3 is 0 Å². The number of rotatable bonds is 10. The Morgan fingerprint density at radius 3 is 2.71 bits per heavy atom. The van der Waals surface area contributed by atoms with Crippen LogP contribution in [0.15, 0.2) is 22.5 Å². The zero-order chi connectivity index (χ0) is 17.8. The molecule has 0 radical (unpaired) electrons. The van der Waals surface area contributed by atoms with Crippen LogP contribution in [0.5, 0.6) is 0 Å². The molecule has 0 aliphatic rings. The molecule has 0 aliphatic heterocycles. The molecule has 1 heterocycles. The van der Waals surface area contributed by atoms with E-state index in [0.717, 1.165) is 31.9 Å². The summed E-state index contributed by atoms with van der Waals surface area (Å²) in [5.41, 5.74) is 0. The van der Waals surface area contributed by atoms with Crippen LogP contribution in [0.4, 0.5) is 0 Å². The fraction of sp³-hybridized carbons (Fsp3) is 0.667. The topological polar surface area (TPSA) is 65.5 Å². The Labute approximate surface area is 150 Å². The quantitative estimate of drug-likeness (QED) is 0.448. The van der Waals surface area contributed by atoms with E-state index in [9.17, 15) is 4.79 Å². The molecular formula is C18H32N4OS. The van der Waals surface area contributed by atoms with Crippen molar-refractivity contribution in [1.29, 1.82) is 0 Å². The first-order chi connectivity index (χ1) is 11.5. The number of nitrogens with zero attached hydrogens (tertiary/aromatic N) is 1. The molecule has 1 aromatic rings. The molecule has 0 aliphatic carbocycles. The van der Waals surface area contributed by atoms with Crippen LogP contribution < -0.4 is 16.0 Å². The lowest BCUT2D eigenvalue weighted by molar-refractivity contribution is -0.121. The summed E-state index contributed by atoms with van der Waals surface area (Å²) < 4.78 is 0. The van der Waals surface area contributed by atoms with Crippen LogP contribution in [0.3, 0.4) is 0 Å². The number of carbonyl (C=O) groups excluding carboxylic acids is 1. The van der Waals surface area contributed by atoms with Crippen molar-refractivity contribution in [2.45, 2.75) is 53.0 Å². The van der Waals surface area contributed by atoms with Gasteiger partial charge < -0.3 is 16.0 Å². The molecule has 0 bridgehead atoms. The summed E-state index contributed by atoms with van der Waals surface area (Å²) in [4.78, 5) is 17.8. The largest absolute Gasteiger partial charge is 0.357 e. The van der Waals surface area contributed by atoms with E-state index in [2.05, 4.69) is 52.3 Å². The Hall–Kier alpha value is -1.56. The molecule has 0 spiro atoms. The van der Waals surface area contributed by atoms with Gasteiger partial charge in [-0.15, -0.1) is 11.3 Å². The Bertz CT molecular complexity index is 487. The second kappa shape index (κ2) is 11.9. The third-order valence-electron chi connectivity index (χ3n) is 3.70. The number of hydrogen-bond donors (Lipinski definition) is 3. The van der Waals surface area contributed by atoms with Crippen LogP contribution in [0.1, 0.15) is 45.4 Å². The van der Waals surface area contributed by atoms with E-state index >= 15 is 0 Å². The summed E-state index contributed by atoms with van der Waals surface area (Å²) in [6.45, 7) is 10.5. The highest BCUT2D eigenvalue weighted by atomic mass is 32.1. The van der Waals surface area contributed by atoms with Crippen LogP contribution in [-0.4, -0.2) is 37.5 Å². The molecule has 1 rings (SSSR count). The van der Waals surface area contributed by atoms with Crippen molar-refractivity contribution in [3.63, 3.8) is 0 Å². The first kappa shape index (κ1) is 20.5. The van der Waals surface area contributed by atoms with Crippen molar-refractivity contribution in [3.05, 3.63) is 22.4 Å². The smallest absolute Gasteiger partial charge is 0.221 e. The molecule has 0 saturated heterocycles. The Morgan fingerprint density at radius 1 is 1.29 bits per heavy atom. The molecule has 0 fully saturated rings. The molecule has 136 valence electrons. The van der Waals surface area contributed by atoms with Crippen LogP contribution in [0, 0.1) is 5.92 Å². The van der Waals surface area contributed by atoms with E-state index in [1.807, 2.05) is 13.8 Å². The van der Waals surface area contributed by atoms with E-state index in [1.54, 1.807) is 11.3 Å². The standard InChI is InChI=1S/C18H32N4OS/c1-5-15(4)22-17(23)9-10-20-18(19-6-2)21-13-14(3)12-16-8-7-11-24-16/h7-8,11,14-15H,5-6,9-10,12-13H2,1-4H3,(H,22,23)(H2,19,20,21). The van der Waals surface area contributed by atoms with Gasteiger partial charge in [-0.1, -0.05) is 19.9 Å². The first-order valence-electron chi connectivity index (χ1n) is 8.89. The Morgan fingerprint density at radius 2 is 2.08 bits per heavy atom. The summed E-state index contributed by atoms with van der Waals surface area (Å²) in [7, 11) is 0. The Kier molecular flexibility index (Phi) is 10.2. The average molecular weight is 353 g/mol. The molecule has 1 aromatic heterocycles. The van der Waals surface area contributed by atoms with Gasteiger partial charge in [0.25, 0.3) is 0 Å². The summed E-state index contributed by atoms with van der Waals surface area (Å²) in [5, 5.41) is 11.6. The molecule has 3 N–H and O–H groups in total. The zero-order valence-corrected chi connectivity index (χ0v) is 16.2. The summed E-state index contributed by atoms with van der Waals surface area (Å²) in [6, 6.07) is 4.49. The lowest BCUT2D eigenvalue weighted by Gasteiger charge is -2.14. The fourth-order valence-electron chi connectivity index (χ4n) is 2.17. The van der Waals surface area contributed by atoms with Crippen molar-refractivity contribution >= 4 is 23.2 Å². The average Bonchev–Trinajstić information content (AvgIpc) is 3.05. The van der Waals surface area contributed by atoms with Gasteiger partial charge in [0, 0.05) is 37.0 Å². The minimum absolute atomic E-state index is 0.0822. The molecular weight excluding hydrogens is 320 g/mol. The number of hydrogen-bond acceptors (Lipinski definition) is 3. The lowest BCUT2D eigenvalue weighted by Crippen LogP contribution is -2.40. The van der Waals surface area contributed by atoms with Gasteiger partial charge in [0.1, 0.15) is 0 Å². The maximum Gasteiger partial charge on any atom is 0.221 e. The van der Waals surface area contributed by atoms with Crippen LogP contribution in [-0.2, 0) is 11.2 Å². The number of nitrogens with one attached hydrogen (secondary N) is 3. The number of thiophene rings is 1. The third-order valence-corrected chi connectivity index (χ3v) is 4.60. The van der Waals surface area contributed by atoms with Gasteiger partial charge in [0.05, 0.1) is 0 Å². The van der Waals surface area contributed by atoms with Gasteiger partial charge in [-0.05, 0) is 44.1 Å². The minimum Gasteiger partial charge on any atom is -0.357 e. The molecule has 5 nitrogen and oxygen atoms in total. The maximum absolute atomic E-state index is 11.8. The van der Waals surface area contributed by atoms with Gasteiger partial charge in [-0.3, -0.25) is 9.79 Å². The summed E-state index contributed by atoms with van der Waals surface area (Å²) in [5.74, 6) is 1.36. The molecule has 2 unspecified atom stereocenters. The van der Waals surface area contributed by atoms with Crippen molar-refractivity contribution < 1.29 is 4.79 Å². The second-order valence-corrected chi connectivity index (χ2v) is 7.19. The number of guanidine groups is 1. The van der Waals surface area contributed by atoms with E-state index in [4.69, 9.17) is 0 Å². The fourth-order valence-corrected chi connectivity index (χ4v) is 3.04. The molecule has 6 heteroatoms. The van der Waals surface area contributed by atoms with Crippen LogP contribution in [0.25, 0.3) is 0 Å². The van der Waals surface area contributed by atoms with Crippen molar-refractivity contribution in [2.24, 2.45) is 10.9 Å². The van der Waals surface area contributed by atoms with E-state index in [1.165, 1.54) is 4.88 Å². The zero-order valence-electron chi connectivity index (χ0n) is 15.4. The highest BCUT2D eigenvalue weighted by Crippen LogP contribution is 2.14. The van der Waals surface area contributed by atoms with Gasteiger partial charge in [-0.25, -0.2) is 0 Å². The first-order valence-corrected chi connectivity index (χ1v) is 9.77. The summed E-state index contributed by atoms with van der Waals surface area (Å²) >= 11 is 1.80. The molecule has 0 saturated carbocycles. The van der Waals surface area contributed by atoms with E-state index in [-0.39, 0.29) is 11.9 Å². The molecule has 24 heavy (non-hydrogen) atoms. The number of amides is 1. The second-order valence-electron chi connectivity index (χ2n) is 6.16. The van der Waals surface area contributed by atoms with Gasteiger partial charge in [-0.2, -0.15) is 0 Å². The molecule has 2 atom stereocenters. The van der Waals surface area contributed by atoms with Crippen LogP contribution >= 0.6 is 11.3 Å². The van der Waals surface area contributed by atoms with E-state index < -0.39 is 0 Å². The van der Waals surface area contributed by atoms with Crippen molar-refractivity contribution in [1.82, 2.24) is 16.0 Å². The van der Waals surface area contributed by atoms with Crippen LogP contribution in [0.2, 0.25) is 0 Å². The molecule has 1 amide bonds. The maximum atomic E-state index is 11.8. The lowest BCUT2D eigenvalue weighted by atomic mass is 10.1. The van der Waals surface area contributed by atoms with Gasteiger partial charge in [0.15, 0.2) is 5.96 Å². The predicted octanol–water partition coefficient (Wildman–Crippen LogP) is 2.79. The number of carbonyl (C=O) groups is 1. The normalized spacial score (nSPS) is 14.1. The highest BCUT2D eigenvalue weighted by Gasteiger charge is 2.07. The van der Waals surface area contributed by atoms with Gasteiger partial charge in [0.2, 0.25) is 5.91 Å². The van der Waals surface area contributed by atoms with Crippen molar-refractivity contribution in [3.8, 4) is 0 Å². The van der Waals surface area contributed by atoms with Crippen molar-refractivity contribution in [2.75, 3.05) is 19.6 Å². The monoisotopic (exact) mass is 352 g/mol. The number of aliphatic imine (C=N–C) groups is 1. The minimum atomic E-state index is 0.0822. The van der Waals surface area contributed by atoms with E-state index in [0.29, 0.717) is 18.9 Å².